The zero-order chi connectivity index (χ0) is 40.7. The second-order valence-electron chi connectivity index (χ2n) is 16.5. The average molecular weight is 787 g/mol. The summed E-state index contributed by atoms with van der Waals surface area (Å²) < 4.78 is 10.6. The molecule has 1 N–H and O–H groups in total. The molecule has 0 spiro atoms. The smallest absolute Gasteiger partial charge is 0.306 e. The SMILES string of the molecule is CC/C=C\C/C=C\C/C=C\CCCCCCCC(=O)OC(CO)COC(=O)CCCCCCCCCCCCCCCCCCCCCCCCCCCCC. The molecule has 0 aromatic rings. The number of unbranched alkanes of at least 4 members (excludes halogenated alkanes) is 31. The van der Waals surface area contributed by atoms with E-state index in [-0.39, 0.29) is 25.2 Å². The number of allylic oxidation sites excluding steroid dienone is 6. The van der Waals surface area contributed by atoms with Crippen LogP contribution in [0.1, 0.15) is 258 Å². The van der Waals surface area contributed by atoms with Crippen molar-refractivity contribution >= 4 is 11.9 Å². The largest absolute Gasteiger partial charge is 0.462 e. The highest BCUT2D eigenvalue weighted by Gasteiger charge is 2.16. The van der Waals surface area contributed by atoms with E-state index in [1.165, 1.54) is 161 Å². The summed E-state index contributed by atoms with van der Waals surface area (Å²) in [5.74, 6) is -0.600. The van der Waals surface area contributed by atoms with Crippen molar-refractivity contribution in [1.29, 1.82) is 0 Å². The van der Waals surface area contributed by atoms with Crippen LogP contribution < -0.4 is 0 Å². The second-order valence-corrected chi connectivity index (χ2v) is 16.5. The molecule has 0 saturated heterocycles. The summed E-state index contributed by atoms with van der Waals surface area (Å²) in [6.45, 7) is 4.04. The van der Waals surface area contributed by atoms with Gasteiger partial charge in [0.1, 0.15) is 6.61 Å². The zero-order valence-corrected chi connectivity index (χ0v) is 37.4. The molecule has 0 heterocycles. The first-order valence-corrected chi connectivity index (χ1v) is 24.5. The second kappa shape index (κ2) is 47.5. The Morgan fingerprint density at radius 3 is 1.16 bits per heavy atom. The predicted octanol–water partition coefficient (Wildman–Crippen LogP) is 16.0. The summed E-state index contributed by atoms with van der Waals surface area (Å²) in [6, 6.07) is 0. The highest BCUT2D eigenvalue weighted by Crippen LogP contribution is 2.17. The number of carbonyl (C=O) groups excluding carboxylic acids is 2. The van der Waals surface area contributed by atoms with Crippen molar-refractivity contribution in [1.82, 2.24) is 0 Å². The first-order chi connectivity index (χ1) is 27.6. The topological polar surface area (TPSA) is 72.8 Å². The maximum atomic E-state index is 12.2. The van der Waals surface area contributed by atoms with E-state index in [2.05, 4.69) is 50.3 Å². The molecule has 0 aliphatic carbocycles. The van der Waals surface area contributed by atoms with Gasteiger partial charge in [0.15, 0.2) is 6.10 Å². The van der Waals surface area contributed by atoms with Crippen LogP contribution in [0.15, 0.2) is 36.5 Å². The number of hydrogen-bond acceptors (Lipinski definition) is 5. The van der Waals surface area contributed by atoms with Crippen LogP contribution in [0.4, 0.5) is 0 Å². The van der Waals surface area contributed by atoms with E-state index in [1.807, 2.05) is 0 Å². The Hall–Kier alpha value is -1.88. The van der Waals surface area contributed by atoms with Gasteiger partial charge in [-0.05, 0) is 44.9 Å². The molecule has 5 heteroatoms. The van der Waals surface area contributed by atoms with Gasteiger partial charge in [0.25, 0.3) is 0 Å². The van der Waals surface area contributed by atoms with Crippen molar-refractivity contribution in [2.24, 2.45) is 0 Å². The Morgan fingerprint density at radius 1 is 0.429 bits per heavy atom. The number of aliphatic hydroxyl groups excluding tert-OH is 1. The Balaban J connectivity index is 3.44. The van der Waals surface area contributed by atoms with Crippen LogP contribution >= 0.6 is 0 Å². The molecule has 1 atom stereocenters. The van der Waals surface area contributed by atoms with Gasteiger partial charge >= 0.3 is 11.9 Å². The Bertz CT molecular complexity index is 893. The van der Waals surface area contributed by atoms with Gasteiger partial charge in [-0.2, -0.15) is 0 Å². The lowest BCUT2D eigenvalue weighted by Crippen LogP contribution is -2.28. The van der Waals surface area contributed by atoms with Crippen molar-refractivity contribution in [2.75, 3.05) is 13.2 Å². The van der Waals surface area contributed by atoms with Crippen LogP contribution in [0.25, 0.3) is 0 Å². The normalized spacial score (nSPS) is 12.4. The Labute approximate surface area is 348 Å². The zero-order valence-electron chi connectivity index (χ0n) is 37.4. The molecule has 0 saturated carbocycles. The van der Waals surface area contributed by atoms with E-state index < -0.39 is 6.10 Å². The minimum Gasteiger partial charge on any atom is -0.462 e. The van der Waals surface area contributed by atoms with Crippen LogP contribution in [0, 0.1) is 0 Å². The molecule has 0 amide bonds. The van der Waals surface area contributed by atoms with E-state index in [4.69, 9.17) is 9.47 Å². The van der Waals surface area contributed by atoms with E-state index in [1.54, 1.807) is 0 Å². The van der Waals surface area contributed by atoms with Crippen molar-refractivity contribution in [3.05, 3.63) is 36.5 Å². The number of carbonyl (C=O) groups is 2. The number of aliphatic hydroxyl groups is 1. The summed E-state index contributed by atoms with van der Waals surface area (Å²) >= 11 is 0. The van der Waals surface area contributed by atoms with Crippen LogP contribution in [-0.4, -0.2) is 36.4 Å². The number of rotatable bonds is 45. The van der Waals surface area contributed by atoms with Gasteiger partial charge < -0.3 is 14.6 Å². The third-order valence-electron chi connectivity index (χ3n) is 10.9. The molecular weight excluding hydrogens is 693 g/mol. The quantitative estimate of drug-likeness (QED) is 0.0378. The molecule has 0 aliphatic heterocycles. The molecule has 0 fully saturated rings. The summed E-state index contributed by atoms with van der Waals surface area (Å²) in [5.41, 5.74) is 0. The monoisotopic (exact) mass is 787 g/mol. The van der Waals surface area contributed by atoms with Gasteiger partial charge in [-0.1, -0.05) is 237 Å². The minimum atomic E-state index is -0.778. The van der Waals surface area contributed by atoms with Crippen molar-refractivity contribution in [2.45, 2.75) is 264 Å². The van der Waals surface area contributed by atoms with Gasteiger partial charge in [-0.15, -0.1) is 0 Å². The fourth-order valence-electron chi connectivity index (χ4n) is 7.28. The molecule has 56 heavy (non-hydrogen) atoms. The van der Waals surface area contributed by atoms with E-state index >= 15 is 0 Å². The first-order valence-electron chi connectivity index (χ1n) is 24.5. The van der Waals surface area contributed by atoms with Crippen molar-refractivity contribution < 1.29 is 24.2 Å². The highest BCUT2D eigenvalue weighted by atomic mass is 16.6. The van der Waals surface area contributed by atoms with E-state index in [0.717, 1.165) is 70.6 Å². The molecular formula is C51H94O5. The highest BCUT2D eigenvalue weighted by molar-refractivity contribution is 5.70. The molecule has 0 aromatic carbocycles. The molecule has 1 unspecified atom stereocenters. The number of hydrogen-bond donors (Lipinski definition) is 1. The summed E-state index contributed by atoms with van der Waals surface area (Å²) in [4.78, 5) is 24.4. The summed E-state index contributed by atoms with van der Waals surface area (Å²) in [7, 11) is 0. The van der Waals surface area contributed by atoms with Crippen LogP contribution in [-0.2, 0) is 19.1 Å². The average Bonchev–Trinajstić information content (AvgIpc) is 3.20. The number of esters is 2. The van der Waals surface area contributed by atoms with Gasteiger partial charge in [0.05, 0.1) is 6.61 Å². The lowest BCUT2D eigenvalue weighted by molar-refractivity contribution is -0.161. The lowest BCUT2D eigenvalue weighted by atomic mass is 10.0. The first kappa shape index (κ1) is 54.1. The molecule has 0 bridgehead atoms. The van der Waals surface area contributed by atoms with Gasteiger partial charge in [0.2, 0.25) is 0 Å². The van der Waals surface area contributed by atoms with Crippen molar-refractivity contribution in [3.63, 3.8) is 0 Å². The van der Waals surface area contributed by atoms with Crippen molar-refractivity contribution in [3.8, 4) is 0 Å². The number of ether oxygens (including phenoxy) is 2. The van der Waals surface area contributed by atoms with Gasteiger partial charge in [-0.25, -0.2) is 0 Å². The van der Waals surface area contributed by atoms with E-state index in [0.29, 0.717) is 12.8 Å². The van der Waals surface area contributed by atoms with Crippen LogP contribution in [0.3, 0.4) is 0 Å². The van der Waals surface area contributed by atoms with Crippen LogP contribution in [0.5, 0.6) is 0 Å². The molecule has 0 radical (unpaired) electrons. The van der Waals surface area contributed by atoms with Gasteiger partial charge in [0, 0.05) is 12.8 Å². The minimum absolute atomic E-state index is 0.0696. The Kier molecular flexibility index (Phi) is 45.9. The van der Waals surface area contributed by atoms with E-state index in [9.17, 15) is 14.7 Å². The predicted molar refractivity (Wildman–Crippen MR) is 242 cm³/mol. The molecule has 5 nitrogen and oxygen atoms in total. The Morgan fingerprint density at radius 2 is 0.768 bits per heavy atom. The molecule has 0 aliphatic rings. The maximum Gasteiger partial charge on any atom is 0.306 e. The maximum absolute atomic E-state index is 12.2. The van der Waals surface area contributed by atoms with Crippen LogP contribution in [0.2, 0.25) is 0 Å². The lowest BCUT2D eigenvalue weighted by Gasteiger charge is -2.15. The molecule has 328 valence electrons. The summed E-state index contributed by atoms with van der Waals surface area (Å²) in [6.07, 6.45) is 59.6. The fraction of sp³-hybridized carbons (Fsp3) is 0.843. The van der Waals surface area contributed by atoms with Gasteiger partial charge in [-0.3, -0.25) is 9.59 Å². The molecule has 0 rings (SSSR count). The summed E-state index contributed by atoms with van der Waals surface area (Å²) in [5, 5.41) is 9.59. The fourth-order valence-corrected chi connectivity index (χ4v) is 7.28. The third-order valence-corrected chi connectivity index (χ3v) is 10.9. The molecule has 0 aromatic heterocycles. The standard InChI is InChI=1S/C51H94O5/c1-3-5-7-9-11-13-15-17-19-20-21-22-23-24-25-26-27-28-29-30-32-33-35-37-39-41-43-45-50(53)55-48-49(47-52)56-51(54)46-44-42-40-38-36-34-31-18-16-14-12-10-8-6-4-2/h6,8,12,14,18,31,49,52H,3-5,7,9-11,13,15-17,19-30,32-48H2,1-2H3/b8-6-,14-12-,31-18-. The third kappa shape index (κ3) is 44.8.